The average Bonchev–Trinajstić information content (AvgIpc) is 2.69. The van der Waals surface area contributed by atoms with Gasteiger partial charge in [-0.3, -0.25) is 15.1 Å². The van der Waals surface area contributed by atoms with Crippen LogP contribution < -0.4 is 5.32 Å². The first-order valence-corrected chi connectivity index (χ1v) is 7.24. The quantitative estimate of drug-likeness (QED) is 0.678. The molecule has 0 radical (unpaired) electrons. The third-order valence-corrected chi connectivity index (χ3v) is 4.76. The first kappa shape index (κ1) is 14.9. The molecule has 2 rings (SSSR count). The number of aromatic nitrogens is 1. The number of nitrogens with one attached hydrogen (secondary N) is 1. The maximum Gasteiger partial charge on any atom is 0.278 e. The van der Waals surface area contributed by atoms with Gasteiger partial charge in [-0.25, -0.2) is 0 Å². The van der Waals surface area contributed by atoms with E-state index in [1.807, 2.05) is 0 Å². The Morgan fingerprint density at radius 2 is 2.10 bits per heavy atom. The van der Waals surface area contributed by atoms with E-state index in [1.54, 1.807) is 20.0 Å². The van der Waals surface area contributed by atoms with E-state index in [0.29, 0.717) is 29.6 Å². The van der Waals surface area contributed by atoms with E-state index in [-0.39, 0.29) is 10.6 Å². The van der Waals surface area contributed by atoms with Crippen LogP contribution in [-0.4, -0.2) is 15.9 Å². The largest absolute Gasteiger partial charge is 0.308 e. The molecule has 0 aliphatic heterocycles. The summed E-state index contributed by atoms with van der Waals surface area (Å²) in [5, 5.41) is 14.6. The van der Waals surface area contributed by atoms with Crippen LogP contribution >= 0.6 is 0 Å². The van der Waals surface area contributed by atoms with Crippen molar-refractivity contribution in [2.24, 2.45) is 11.8 Å². The van der Waals surface area contributed by atoms with Gasteiger partial charge in [-0.1, -0.05) is 13.8 Å². The number of hydrogen-bond donors (Lipinski definition) is 1. The lowest BCUT2D eigenvalue weighted by Gasteiger charge is -2.20. The van der Waals surface area contributed by atoms with Gasteiger partial charge in [-0.2, -0.15) is 0 Å². The van der Waals surface area contributed by atoms with Crippen molar-refractivity contribution in [2.45, 2.75) is 53.1 Å². The standard InChI is InChI=1S/C15H23N3O2/c1-9-5-6-13(11(9)3)17-8-14-12(4)15(18(19)20)10(2)7-16-14/h7,9,11,13,17H,5-6,8H2,1-4H3. The summed E-state index contributed by atoms with van der Waals surface area (Å²) in [5.74, 6) is 1.39. The summed E-state index contributed by atoms with van der Waals surface area (Å²) >= 11 is 0. The van der Waals surface area contributed by atoms with Gasteiger partial charge in [-0.05, 0) is 38.5 Å². The van der Waals surface area contributed by atoms with E-state index in [1.165, 1.54) is 12.8 Å². The molecule has 110 valence electrons. The SMILES string of the molecule is Cc1cnc(CNC2CCC(C)C2C)c(C)c1[N+](=O)[O-]. The van der Waals surface area contributed by atoms with Crippen LogP contribution in [0.25, 0.3) is 0 Å². The maximum absolute atomic E-state index is 11.1. The molecule has 0 aromatic carbocycles. The van der Waals surface area contributed by atoms with Gasteiger partial charge in [0.1, 0.15) is 0 Å². The topological polar surface area (TPSA) is 68.1 Å². The van der Waals surface area contributed by atoms with E-state index in [9.17, 15) is 10.1 Å². The van der Waals surface area contributed by atoms with Crippen LogP contribution in [0, 0.1) is 35.8 Å². The van der Waals surface area contributed by atoms with Gasteiger partial charge in [0.25, 0.3) is 5.69 Å². The Labute approximate surface area is 119 Å². The summed E-state index contributed by atoms with van der Waals surface area (Å²) in [6.07, 6.45) is 4.03. The van der Waals surface area contributed by atoms with E-state index < -0.39 is 0 Å². The van der Waals surface area contributed by atoms with Gasteiger partial charge in [0, 0.05) is 29.9 Å². The molecule has 1 aromatic heterocycles. The van der Waals surface area contributed by atoms with Crippen LogP contribution in [-0.2, 0) is 6.54 Å². The molecule has 0 amide bonds. The van der Waals surface area contributed by atoms with E-state index in [0.717, 1.165) is 11.6 Å². The van der Waals surface area contributed by atoms with Crippen LogP contribution in [0.2, 0.25) is 0 Å². The zero-order valence-corrected chi connectivity index (χ0v) is 12.6. The number of nitrogens with zero attached hydrogens (tertiary/aromatic N) is 2. The molecule has 0 saturated heterocycles. The normalized spacial score (nSPS) is 25.9. The zero-order chi connectivity index (χ0) is 14.9. The molecule has 1 N–H and O–H groups in total. The highest BCUT2D eigenvalue weighted by Crippen LogP contribution is 2.31. The van der Waals surface area contributed by atoms with Crippen LogP contribution in [0.5, 0.6) is 0 Å². The van der Waals surface area contributed by atoms with Crippen molar-refractivity contribution in [1.29, 1.82) is 0 Å². The number of hydrogen-bond acceptors (Lipinski definition) is 4. The molecular formula is C15H23N3O2. The van der Waals surface area contributed by atoms with Gasteiger partial charge < -0.3 is 5.32 Å². The van der Waals surface area contributed by atoms with Crippen molar-refractivity contribution in [2.75, 3.05) is 0 Å². The Hall–Kier alpha value is -1.49. The van der Waals surface area contributed by atoms with Crippen molar-refractivity contribution in [1.82, 2.24) is 10.3 Å². The van der Waals surface area contributed by atoms with Crippen molar-refractivity contribution in [3.63, 3.8) is 0 Å². The van der Waals surface area contributed by atoms with Crippen LogP contribution in [0.4, 0.5) is 5.69 Å². The van der Waals surface area contributed by atoms with Crippen LogP contribution in [0.1, 0.15) is 43.5 Å². The lowest BCUT2D eigenvalue weighted by Crippen LogP contribution is -2.32. The first-order valence-electron chi connectivity index (χ1n) is 7.24. The first-order chi connectivity index (χ1) is 9.41. The minimum Gasteiger partial charge on any atom is -0.308 e. The van der Waals surface area contributed by atoms with Gasteiger partial charge in [-0.15, -0.1) is 0 Å². The lowest BCUT2D eigenvalue weighted by molar-refractivity contribution is -0.386. The molecule has 20 heavy (non-hydrogen) atoms. The number of rotatable bonds is 4. The van der Waals surface area contributed by atoms with Gasteiger partial charge in [0.2, 0.25) is 0 Å². The minimum absolute atomic E-state index is 0.199. The smallest absolute Gasteiger partial charge is 0.278 e. The number of nitro groups is 1. The molecule has 1 heterocycles. The molecule has 5 nitrogen and oxygen atoms in total. The average molecular weight is 277 g/mol. The molecule has 1 saturated carbocycles. The number of aryl methyl sites for hydroxylation is 1. The Bertz CT molecular complexity index is 516. The summed E-state index contributed by atoms with van der Waals surface area (Å²) in [7, 11) is 0. The van der Waals surface area contributed by atoms with Crippen molar-refractivity contribution in [3.05, 3.63) is 33.1 Å². The third kappa shape index (κ3) is 2.82. The van der Waals surface area contributed by atoms with Crippen LogP contribution in [0.15, 0.2) is 6.20 Å². The second-order valence-electron chi connectivity index (χ2n) is 6.02. The van der Waals surface area contributed by atoms with Gasteiger partial charge >= 0.3 is 0 Å². The van der Waals surface area contributed by atoms with Crippen LogP contribution in [0.3, 0.4) is 0 Å². The molecular weight excluding hydrogens is 254 g/mol. The molecule has 1 aromatic rings. The molecule has 1 aliphatic rings. The Morgan fingerprint density at radius 3 is 2.65 bits per heavy atom. The molecule has 5 heteroatoms. The predicted molar refractivity (Wildman–Crippen MR) is 78.6 cm³/mol. The third-order valence-electron chi connectivity index (χ3n) is 4.76. The summed E-state index contributed by atoms with van der Waals surface area (Å²) < 4.78 is 0. The molecule has 3 atom stereocenters. The fourth-order valence-electron chi connectivity index (χ4n) is 3.10. The second-order valence-corrected chi connectivity index (χ2v) is 6.02. The van der Waals surface area contributed by atoms with Gasteiger partial charge in [0.05, 0.1) is 10.6 Å². The highest BCUT2D eigenvalue weighted by molar-refractivity contribution is 5.47. The molecule has 1 fully saturated rings. The Kier molecular flexibility index (Phi) is 4.38. The maximum atomic E-state index is 11.1. The highest BCUT2D eigenvalue weighted by Gasteiger charge is 2.29. The summed E-state index contributed by atoms with van der Waals surface area (Å²) in [6.45, 7) is 8.68. The van der Waals surface area contributed by atoms with Crippen molar-refractivity contribution >= 4 is 5.69 Å². The Morgan fingerprint density at radius 1 is 1.40 bits per heavy atom. The van der Waals surface area contributed by atoms with Gasteiger partial charge in [0.15, 0.2) is 0 Å². The molecule has 3 unspecified atom stereocenters. The summed E-state index contributed by atoms with van der Waals surface area (Å²) in [5.41, 5.74) is 2.29. The highest BCUT2D eigenvalue weighted by atomic mass is 16.6. The fraction of sp³-hybridized carbons (Fsp3) is 0.667. The fourth-order valence-corrected chi connectivity index (χ4v) is 3.10. The number of pyridine rings is 1. The monoisotopic (exact) mass is 277 g/mol. The summed E-state index contributed by atoms with van der Waals surface area (Å²) in [4.78, 5) is 15.2. The van der Waals surface area contributed by atoms with E-state index in [4.69, 9.17) is 0 Å². The predicted octanol–water partition coefficient (Wildman–Crippen LogP) is 3.13. The van der Waals surface area contributed by atoms with Crippen molar-refractivity contribution < 1.29 is 4.92 Å². The second kappa shape index (κ2) is 5.87. The molecule has 0 bridgehead atoms. The summed E-state index contributed by atoms with van der Waals surface area (Å²) in [6, 6.07) is 0.492. The van der Waals surface area contributed by atoms with Crippen molar-refractivity contribution in [3.8, 4) is 0 Å². The lowest BCUT2D eigenvalue weighted by atomic mass is 9.97. The Balaban J connectivity index is 2.11. The zero-order valence-electron chi connectivity index (χ0n) is 12.6. The minimum atomic E-state index is -0.309. The molecule has 1 aliphatic carbocycles. The van der Waals surface area contributed by atoms with E-state index in [2.05, 4.69) is 24.1 Å². The van der Waals surface area contributed by atoms with E-state index >= 15 is 0 Å². The molecule has 0 spiro atoms.